The number of hydrogen-bond acceptors (Lipinski definition) is 5. The van der Waals surface area contributed by atoms with Crippen LogP contribution in [0.2, 0.25) is 0 Å². The summed E-state index contributed by atoms with van der Waals surface area (Å²) in [6, 6.07) is 9.38. The molecular formula is C23H28N4O3. The van der Waals surface area contributed by atoms with Crippen LogP contribution in [0.25, 0.3) is 0 Å². The Balaban J connectivity index is 1.40. The van der Waals surface area contributed by atoms with Gasteiger partial charge in [0.1, 0.15) is 5.82 Å². The lowest BCUT2D eigenvalue weighted by Crippen LogP contribution is -2.49. The van der Waals surface area contributed by atoms with E-state index in [2.05, 4.69) is 28.2 Å². The number of benzene rings is 1. The van der Waals surface area contributed by atoms with Gasteiger partial charge in [0.2, 0.25) is 5.91 Å². The summed E-state index contributed by atoms with van der Waals surface area (Å²) in [6.45, 7) is 7.35. The summed E-state index contributed by atoms with van der Waals surface area (Å²) in [6.07, 6.45) is 1.88. The first kappa shape index (κ1) is 20.3. The largest absolute Gasteiger partial charge is 0.396 e. The Labute approximate surface area is 176 Å². The zero-order valence-electron chi connectivity index (χ0n) is 17.5. The molecule has 0 aliphatic carbocycles. The SMILES string of the molecule is Cc1cnc(N2CCN(C(=O)c3ccc([C@@H]4C(=O)NCC4CO)cc3)CC2)c(C)c1. The highest BCUT2D eigenvalue weighted by molar-refractivity contribution is 5.94. The van der Waals surface area contributed by atoms with E-state index in [0.717, 1.165) is 35.6 Å². The van der Waals surface area contributed by atoms with Crippen LogP contribution in [0.4, 0.5) is 5.82 Å². The number of rotatable bonds is 4. The summed E-state index contributed by atoms with van der Waals surface area (Å²) in [5.74, 6) is 0.456. The molecule has 0 saturated carbocycles. The summed E-state index contributed by atoms with van der Waals surface area (Å²) < 4.78 is 0. The lowest BCUT2D eigenvalue weighted by molar-refractivity contribution is -0.120. The third kappa shape index (κ3) is 3.89. The molecule has 0 spiro atoms. The van der Waals surface area contributed by atoms with Gasteiger partial charge in [-0.3, -0.25) is 9.59 Å². The number of aliphatic hydroxyl groups is 1. The highest BCUT2D eigenvalue weighted by atomic mass is 16.3. The van der Waals surface area contributed by atoms with Crippen molar-refractivity contribution in [1.82, 2.24) is 15.2 Å². The van der Waals surface area contributed by atoms with Crippen molar-refractivity contribution in [3.8, 4) is 0 Å². The van der Waals surface area contributed by atoms with Gasteiger partial charge in [0.05, 0.1) is 5.92 Å². The van der Waals surface area contributed by atoms with E-state index >= 15 is 0 Å². The molecule has 1 aromatic heterocycles. The first-order chi connectivity index (χ1) is 14.5. The van der Waals surface area contributed by atoms with Crippen LogP contribution in [0, 0.1) is 19.8 Å². The topological polar surface area (TPSA) is 85.8 Å². The number of piperazine rings is 1. The zero-order valence-corrected chi connectivity index (χ0v) is 17.5. The maximum atomic E-state index is 12.9. The van der Waals surface area contributed by atoms with Crippen molar-refractivity contribution in [2.75, 3.05) is 44.2 Å². The number of carbonyl (C=O) groups excluding carboxylic acids is 2. The smallest absolute Gasteiger partial charge is 0.253 e. The molecule has 2 aromatic rings. The zero-order chi connectivity index (χ0) is 21.3. The lowest BCUT2D eigenvalue weighted by Gasteiger charge is -2.36. The average molecular weight is 409 g/mol. The number of anilines is 1. The molecule has 2 aliphatic heterocycles. The summed E-state index contributed by atoms with van der Waals surface area (Å²) in [5, 5.41) is 12.3. The molecule has 2 atom stereocenters. The second-order valence-electron chi connectivity index (χ2n) is 8.22. The molecule has 2 aliphatic rings. The Morgan fingerprint density at radius 3 is 2.50 bits per heavy atom. The summed E-state index contributed by atoms with van der Waals surface area (Å²) in [7, 11) is 0. The van der Waals surface area contributed by atoms with Crippen molar-refractivity contribution in [2.45, 2.75) is 19.8 Å². The Hall–Kier alpha value is -2.93. The van der Waals surface area contributed by atoms with Crippen LogP contribution in [0.3, 0.4) is 0 Å². The third-order valence-electron chi connectivity index (χ3n) is 6.10. The van der Waals surface area contributed by atoms with Gasteiger partial charge in [0, 0.05) is 57.0 Å². The fraction of sp³-hybridized carbons (Fsp3) is 0.435. The summed E-state index contributed by atoms with van der Waals surface area (Å²) >= 11 is 0. The van der Waals surface area contributed by atoms with E-state index in [1.807, 2.05) is 30.2 Å². The second kappa shape index (κ2) is 8.44. The van der Waals surface area contributed by atoms with Crippen molar-refractivity contribution < 1.29 is 14.7 Å². The Morgan fingerprint density at radius 2 is 1.87 bits per heavy atom. The number of hydrogen-bond donors (Lipinski definition) is 2. The van der Waals surface area contributed by atoms with Crippen LogP contribution in [-0.2, 0) is 4.79 Å². The van der Waals surface area contributed by atoms with Crippen molar-refractivity contribution in [3.63, 3.8) is 0 Å². The number of carbonyl (C=O) groups is 2. The number of pyridine rings is 1. The molecule has 3 heterocycles. The third-order valence-corrected chi connectivity index (χ3v) is 6.10. The first-order valence-corrected chi connectivity index (χ1v) is 10.4. The molecule has 30 heavy (non-hydrogen) atoms. The van der Waals surface area contributed by atoms with Gasteiger partial charge in [-0.15, -0.1) is 0 Å². The van der Waals surface area contributed by atoms with Crippen LogP contribution in [0.1, 0.15) is 33.0 Å². The monoisotopic (exact) mass is 408 g/mol. The molecule has 0 bridgehead atoms. The number of nitrogens with one attached hydrogen (secondary N) is 1. The van der Waals surface area contributed by atoms with Gasteiger partial charge in [-0.1, -0.05) is 18.2 Å². The van der Waals surface area contributed by atoms with Crippen molar-refractivity contribution in [3.05, 3.63) is 58.8 Å². The van der Waals surface area contributed by atoms with Crippen molar-refractivity contribution in [2.24, 2.45) is 5.92 Å². The van der Waals surface area contributed by atoms with Crippen LogP contribution in [0.15, 0.2) is 36.5 Å². The number of aromatic nitrogens is 1. The van der Waals surface area contributed by atoms with Gasteiger partial charge >= 0.3 is 0 Å². The maximum Gasteiger partial charge on any atom is 0.253 e. The first-order valence-electron chi connectivity index (χ1n) is 10.4. The molecule has 4 rings (SSSR count). The average Bonchev–Trinajstić information content (AvgIpc) is 3.14. The molecule has 7 heteroatoms. The van der Waals surface area contributed by atoms with Gasteiger partial charge in [-0.2, -0.15) is 0 Å². The van der Waals surface area contributed by atoms with Gasteiger partial charge in [-0.05, 0) is 42.7 Å². The highest BCUT2D eigenvalue weighted by Gasteiger charge is 2.35. The predicted molar refractivity (Wildman–Crippen MR) is 115 cm³/mol. The van der Waals surface area contributed by atoms with E-state index < -0.39 is 0 Å². The van der Waals surface area contributed by atoms with Crippen molar-refractivity contribution in [1.29, 1.82) is 0 Å². The molecular weight excluding hydrogens is 380 g/mol. The molecule has 1 unspecified atom stereocenters. The van der Waals surface area contributed by atoms with E-state index in [4.69, 9.17) is 0 Å². The fourth-order valence-corrected chi connectivity index (χ4v) is 4.44. The van der Waals surface area contributed by atoms with E-state index in [9.17, 15) is 14.7 Å². The van der Waals surface area contributed by atoms with E-state index in [-0.39, 0.29) is 30.3 Å². The molecule has 158 valence electrons. The molecule has 1 aromatic carbocycles. The molecule has 7 nitrogen and oxygen atoms in total. The van der Waals surface area contributed by atoms with Gasteiger partial charge in [0.25, 0.3) is 5.91 Å². The van der Waals surface area contributed by atoms with Gasteiger partial charge < -0.3 is 20.2 Å². The van der Waals surface area contributed by atoms with Crippen LogP contribution in [0.5, 0.6) is 0 Å². The fourth-order valence-electron chi connectivity index (χ4n) is 4.44. The standard InChI is InChI=1S/C23H28N4O3/c1-15-11-16(2)21(24-12-15)26-7-9-27(10-8-26)23(30)18-5-3-17(4-6-18)20-19(14-28)13-25-22(20)29/h3-6,11-12,19-20,28H,7-10,13-14H2,1-2H3,(H,25,29)/t19?,20-/m0/s1. The molecule has 2 fully saturated rings. The van der Waals surface area contributed by atoms with Crippen molar-refractivity contribution >= 4 is 17.6 Å². The minimum absolute atomic E-state index is 0.00405. The quantitative estimate of drug-likeness (QED) is 0.801. The predicted octanol–water partition coefficient (Wildman–Crippen LogP) is 1.48. The minimum atomic E-state index is -0.354. The Kier molecular flexibility index (Phi) is 5.72. The molecule has 2 N–H and O–H groups in total. The summed E-state index contributed by atoms with van der Waals surface area (Å²) in [5.41, 5.74) is 3.76. The molecule has 2 amide bonds. The van der Waals surface area contributed by atoms with Gasteiger partial charge in [-0.25, -0.2) is 4.98 Å². The number of amides is 2. The lowest BCUT2D eigenvalue weighted by atomic mass is 9.88. The number of aliphatic hydroxyl groups excluding tert-OH is 1. The number of nitrogens with zero attached hydrogens (tertiary/aromatic N) is 3. The van der Waals surface area contributed by atoms with E-state index in [0.29, 0.717) is 25.2 Å². The molecule has 0 radical (unpaired) electrons. The minimum Gasteiger partial charge on any atom is -0.396 e. The van der Waals surface area contributed by atoms with Gasteiger partial charge in [0.15, 0.2) is 0 Å². The van der Waals surface area contributed by atoms with E-state index in [1.165, 1.54) is 0 Å². The number of aryl methyl sites for hydroxylation is 2. The highest BCUT2D eigenvalue weighted by Crippen LogP contribution is 2.29. The summed E-state index contributed by atoms with van der Waals surface area (Å²) in [4.78, 5) is 33.7. The second-order valence-corrected chi connectivity index (χ2v) is 8.22. The Bertz CT molecular complexity index is 936. The van der Waals surface area contributed by atoms with Crippen LogP contribution in [-0.4, -0.2) is 66.1 Å². The van der Waals surface area contributed by atoms with Crippen LogP contribution >= 0.6 is 0 Å². The van der Waals surface area contributed by atoms with E-state index in [1.54, 1.807) is 12.1 Å². The maximum absolute atomic E-state index is 12.9. The molecule has 2 saturated heterocycles. The normalized spacial score (nSPS) is 21.6. The van der Waals surface area contributed by atoms with Crippen LogP contribution < -0.4 is 10.2 Å². The Morgan fingerprint density at radius 1 is 1.17 bits per heavy atom.